The second-order valence-corrected chi connectivity index (χ2v) is 8.60. The fraction of sp³-hybridized carbons (Fsp3) is 0.154. The van der Waals surface area contributed by atoms with E-state index in [1.165, 1.54) is 6.07 Å². The predicted octanol–water partition coefficient (Wildman–Crippen LogP) is 6.77. The number of halogens is 4. The number of H-pyrrole nitrogens is 1. The fourth-order valence-electron chi connectivity index (χ4n) is 3.77. The SMILES string of the molecule is Cc1cc(NC(=O)Nc2ccc(Cl)c(C(F)(F)F)c2)ccc1CCNC(=O)c1cc2ccccc2[nH]1. The number of aromatic amines is 1. The minimum absolute atomic E-state index is 0.0386. The number of anilines is 2. The van der Waals surface area contributed by atoms with Gasteiger partial charge in [0.1, 0.15) is 5.69 Å². The summed E-state index contributed by atoms with van der Waals surface area (Å²) in [5.74, 6) is -0.199. The monoisotopic (exact) mass is 514 g/mol. The van der Waals surface area contributed by atoms with Crippen molar-refractivity contribution in [3.05, 3.63) is 94.1 Å². The molecule has 3 amide bonds. The third-order valence-corrected chi connectivity index (χ3v) is 5.91. The molecule has 186 valence electrons. The molecule has 0 atom stereocenters. The molecule has 0 spiro atoms. The first-order valence-electron chi connectivity index (χ1n) is 11.0. The molecule has 6 nitrogen and oxygen atoms in total. The molecule has 0 aliphatic heterocycles. The van der Waals surface area contributed by atoms with Gasteiger partial charge in [-0.15, -0.1) is 0 Å². The molecule has 0 aliphatic rings. The molecular formula is C26H22ClF3N4O2. The molecule has 0 saturated carbocycles. The van der Waals surface area contributed by atoms with Gasteiger partial charge in [0.15, 0.2) is 0 Å². The zero-order valence-corrected chi connectivity index (χ0v) is 19.8. The van der Waals surface area contributed by atoms with Crippen LogP contribution in [0.25, 0.3) is 10.9 Å². The van der Waals surface area contributed by atoms with Crippen LogP contribution >= 0.6 is 11.6 Å². The van der Waals surface area contributed by atoms with Gasteiger partial charge in [-0.3, -0.25) is 4.79 Å². The largest absolute Gasteiger partial charge is 0.417 e. The number of alkyl halides is 3. The Morgan fingerprint density at radius 2 is 1.64 bits per heavy atom. The second-order valence-electron chi connectivity index (χ2n) is 8.19. The smallest absolute Gasteiger partial charge is 0.351 e. The number of carbonyl (C=O) groups is 2. The van der Waals surface area contributed by atoms with Crippen molar-refractivity contribution in [2.75, 3.05) is 17.2 Å². The van der Waals surface area contributed by atoms with Gasteiger partial charge in [-0.1, -0.05) is 35.9 Å². The average molecular weight is 515 g/mol. The normalized spacial score (nSPS) is 11.4. The minimum Gasteiger partial charge on any atom is -0.351 e. The maximum atomic E-state index is 13.0. The fourth-order valence-corrected chi connectivity index (χ4v) is 3.99. The lowest BCUT2D eigenvalue weighted by atomic mass is 10.0. The van der Waals surface area contributed by atoms with Crippen molar-refractivity contribution in [3.63, 3.8) is 0 Å². The van der Waals surface area contributed by atoms with E-state index >= 15 is 0 Å². The number of benzene rings is 3. The van der Waals surface area contributed by atoms with Gasteiger partial charge in [-0.25, -0.2) is 4.79 Å². The first-order valence-corrected chi connectivity index (χ1v) is 11.4. The zero-order chi connectivity index (χ0) is 25.9. The molecule has 10 heteroatoms. The Hall–Kier alpha value is -3.98. The Balaban J connectivity index is 1.31. The maximum Gasteiger partial charge on any atom is 0.417 e. The number of rotatable bonds is 6. The first kappa shape index (κ1) is 25.1. The van der Waals surface area contributed by atoms with E-state index in [-0.39, 0.29) is 11.6 Å². The first-order chi connectivity index (χ1) is 17.1. The highest BCUT2D eigenvalue weighted by molar-refractivity contribution is 6.31. The van der Waals surface area contributed by atoms with Gasteiger partial charge in [-0.2, -0.15) is 13.2 Å². The Kier molecular flexibility index (Phi) is 7.21. The van der Waals surface area contributed by atoms with Crippen LogP contribution in [0.1, 0.15) is 27.2 Å². The Labute approximate surface area is 209 Å². The number of para-hydroxylation sites is 1. The van der Waals surface area contributed by atoms with Crippen molar-refractivity contribution < 1.29 is 22.8 Å². The number of aryl methyl sites for hydroxylation is 1. The number of hydrogen-bond donors (Lipinski definition) is 4. The number of nitrogens with one attached hydrogen (secondary N) is 4. The Morgan fingerprint density at radius 1 is 0.944 bits per heavy atom. The summed E-state index contributed by atoms with van der Waals surface area (Å²) in [4.78, 5) is 27.8. The summed E-state index contributed by atoms with van der Waals surface area (Å²) in [6.45, 7) is 2.28. The molecule has 0 unspecified atom stereocenters. The lowest BCUT2D eigenvalue weighted by Crippen LogP contribution is -2.26. The van der Waals surface area contributed by atoms with Crippen LogP contribution in [0.5, 0.6) is 0 Å². The molecule has 0 bridgehead atoms. The van der Waals surface area contributed by atoms with Gasteiger partial charge < -0.3 is 20.9 Å². The van der Waals surface area contributed by atoms with Crippen LogP contribution in [0.15, 0.2) is 66.7 Å². The highest BCUT2D eigenvalue weighted by Gasteiger charge is 2.33. The van der Waals surface area contributed by atoms with Crippen LogP contribution in [-0.2, 0) is 12.6 Å². The average Bonchev–Trinajstić information content (AvgIpc) is 3.25. The molecule has 1 heterocycles. The van der Waals surface area contributed by atoms with Gasteiger partial charge in [0.25, 0.3) is 5.91 Å². The van der Waals surface area contributed by atoms with Gasteiger partial charge in [0.2, 0.25) is 0 Å². The molecule has 0 radical (unpaired) electrons. The summed E-state index contributed by atoms with van der Waals surface area (Å²) >= 11 is 5.61. The second kappa shape index (κ2) is 10.3. The number of carbonyl (C=O) groups excluding carboxylic acids is 2. The molecule has 0 fully saturated rings. The molecule has 4 rings (SSSR count). The summed E-state index contributed by atoms with van der Waals surface area (Å²) in [5.41, 5.74) is 2.65. The van der Waals surface area contributed by atoms with Gasteiger partial charge in [-0.05, 0) is 66.9 Å². The van der Waals surface area contributed by atoms with E-state index in [1.54, 1.807) is 18.2 Å². The van der Waals surface area contributed by atoms with Crippen LogP contribution in [0.4, 0.5) is 29.3 Å². The molecular weight excluding hydrogens is 493 g/mol. The van der Waals surface area contributed by atoms with E-state index in [9.17, 15) is 22.8 Å². The number of amides is 3. The quantitative estimate of drug-likeness (QED) is 0.229. The number of hydrogen-bond acceptors (Lipinski definition) is 2. The van der Waals surface area contributed by atoms with Crippen molar-refractivity contribution >= 4 is 45.8 Å². The summed E-state index contributed by atoms with van der Waals surface area (Å²) in [7, 11) is 0. The minimum atomic E-state index is -4.63. The van der Waals surface area contributed by atoms with Crippen LogP contribution in [0.3, 0.4) is 0 Å². The summed E-state index contributed by atoms with van der Waals surface area (Å²) in [6.07, 6.45) is -4.05. The third kappa shape index (κ3) is 5.98. The van der Waals surface area contributed by atoms with Crippen LogP contribution in [0.2, 0.25) is 5.02 Å². The molecule has 3 aromatic carbocycles. The Morgan fingerprint density at radius 3 is 2.33 bits per heavy atom. The predicted molar refractivity (Wildman–Crippen MR) is 135 cm³/mol. The standard InChI is InChI=1S/C26H22ClF3N4O2/c1-15-12-18(32-25(36)33-19-8-9-21(27)20(14-19)26(28,29)30)7-6-16(15)10-11-31-24(35)23-13-17-4-2-3-5-22(17)34-23/h2-9,12-14,34H,10-11H2,1H3,(H,31,35)(H2,32,33,36). The molecule has 4 aromatic rings. The van der Waals surface area contributed by atoms with Crippen molar-refractivity contribution in [2.45, 2.75) is 19.5 Å². The lowest BCUT2D eigenvalue weighted by Gasteiger charge is -2.13. The molecule has 36 heavy (non-hydrogen) atoms. The van der Waals surface area contributed by atoms with E-state index in [2.05, 4.69) is 20.9 Å². The lowest BCUT2D eigenvalue weighted by molar-refractivity contribution is -0.137. The molecule has 1 aromatic heterocycles. The molecule has 0 aliphatic carbocycles. The highest BCUT2D eigenvalue weighted by atomic mass is 35.5. The Bertz CT molecular complexity index is 1400. The summed E-state index contributed by atoms with van der Waals surface area (Å²) in [6, 6.07) is 17.1. The zero-order valence-electron chi connectivity index (χ0n) is 19.1. The van der Waals surface area contributed by atoms with E-state index in [0.717, 1.165) is 34.2 Å². The topological polar surface area (TPSA) is 86.0 Å². The van der Waals surface area contributed by atoms with Gasteiger partial charge in [0, 0.05) is 28.8 Å². The van der Waals surface area contributed by atoms with Crippen molar-refractivity contribution in [1.29, 1.82) is 0 Å². The summed E-state index contributed by atoms with van der Waals surface area (Å²) < 4.78 is 39.1. The number of aromatic nitrogens is 1. The maximum absolute atomic E-state index is 13.0. The highest BCUT2D eigenvalue weighted by Crippen LogP contribution is 2.36. The molecule has 4 N–H and O–H groups in total. The summed E-state index contributed by atoms with van der Waals surface area (Å²) in [5, 5.41) is 8.38. The van der Waals surface area contributed by atoms with E-state index < -0.39 is 22.8 Å². The van der Waals surface area contributed by atoms with Crippen molar-refractivity contribution in [3.8, 4) is 0 Å². The molecule has 0 saturated heterocycles. The van der Waals surface area contributed by atoms with E-state index in [4.69, 9.17) is 11.6 Å². The van der Waals surface area contributed by atoms with Crippen LogP contribution < -0.4 is 16.0 Å². The van der Waals surface area contributed by atoms with E-state index in [0.29, 0.717) is 24.3 Å². The number of urea groups is 1. The van der Waals surface area contributed by atoms with E-state index in [1.807, 2.05) is 37.3 Å². The van der Waals surface area contributed by atoms with Crippen molar-refractivity contribution in [1.82, 2.24) is 10.3 Å². The van der Waals surface area contributed by atoms with Crippen LogP contribution in [0, 0.1) is 6.92 Å². The van der Waals surface area contributed by atoms with Crippen LogP contribution in [-0.4, -0.2) is 23.5 Å². The third-order valence-electron chi connectivity index (χ3n) is 5.58. The van der Waals surface area contributed by atoms with Gasteiger partial charge >= 0.3 is 12.2 Å². The van der Waals surface area contributed by atoms with Crippen molar-refractivity contribution in [2.24, 2.45) is 0 Å². The van der Waals surface area contributed by atoms with Gasteiger partial charge in [0.05, 0.1) is 10.6 Å². The number of fused-ring (bicyclic) bond motifs is 1.